The lowest BCUT2D eigenvalue weighted by Gasteiger charge is -2.11. The molecule has 3 rings (SSSR count). The lowest BCUT2D eigenvalue weighted by atomic mass is 10.1. The summed E-state index contributed by atoms with van der Waals surface area (Å²) in [6.07, 6.45) is 3.45. The van der Waals surface area contributed by atoms with Crippen molar-refractivity contribution in [2.24, 2.45) is 5.10 Å². The molecular weight excluding hydrogens is 423 g/mol. The number of carbonyl (C=O) groups excluding carboxylic acids is 1. The Balaban J connectivity index is 1.45. The van der Waals surface area contributed by atoms with Crippen molar-refractivity contribution in [1.29, 1.82) is 0 Å². The van der Waals surface area contributed by atoms with Gasteiger partial charge in [-0.3, -0.25) is 4.79 Å². The summed E-state index contributed by atoms with van der Waals surface area (Å²) in [4.78, 5) is 12.0. The van der Waals surface area contributed by atoms with E-state index < -0.39 is 0 Å². The van der Waals surface area contributed by atoms with Crippen LogP contribution in [-0.4, -0.2) is 26.3 Å². The van der Waals surface area contributed by atoms with Crippen LogP contribution in [-0.2, 0) is 17.8 Å². The summed E-state index contributed by atoms with van der Waals surface area (Å²) >= 11 is 0. The molecule has 0 aliphatic carbocycles. The highest BCUT2D eigenvalue weighted by Gasteiger charge is 2.06. The van der Waals surface area contributed by atoms with Crippen LogP contribution < -0.4 is 19.6 Å². The number of amides is 1. The zero-order valence-electron chi connectivity index (χ0n) is 18.7. The number of hydrazone groups is 1. The molecule has 0 unspecified atom stereocenters. The number of ether oxygens (including phenoxy) is 3. The largest absolute Gasteiger partial charge is 0.497 e. The predicted octanol–water partition coefficient (Wildman–Crippen LogP) is 4.89. The Bertz CT molecular complexity index is 1070. The Morgan fingerprint density at radius 1 is 0.939 bits per heavy atom. The van der Waals surface area contributed by atoms with Crippen LogP contribution in [0.3, 0.4) is 0 Å². The first-order chi connectivity index (χ1) is 16.1. The molecule has 0 spiro atoms. The van der Waals surface area contributed by atoms with Gasteiger partial charge in [-0.15, -0.1) is 0 Å². The number of carbonyl (C=O) groups is 1. The molecule has 1 N–H and O–H groups in total. The Morgan fingerprint density at radius 3 is 2.36 bits per heavy atom. The van der Waals surface area contributed by atoms with E-state index in [2.05, 4.69) is 10.5 Å². The standard InChI is InChI=1S/C26H27FN2O4/c1-31-23-13-8-19(9-14-23)4-3-5-26(30)29-28-17-21-10-15-24(25(16-21)32-2)33-18-20-6-11-22(27)12-7-20/h6-17H,3-5,18H2,1-2H3,(H,29,30)/b28-17+. The third-order valence-corrected chi connectivity index (χ3v) is 4.93. The first kappa shape index (κ1) is 23.8. The molecule has 0 fully saturated rings. The van der Waals surface area contributed by atoms with Crippen molar-refractivity contribution >= 4 is 12.1 Å². The first-order valence-electron chi connectivity index (χ1n) is 10.6. The number of aryl methyl sites for hydroxylation is 1. The number of rotatable bonds is 11. The summed E-state index contributed by atoms with van der Waals surface area (Å²) in [5.41, 5.74) is 5.30. The fourth-order valence-electron chi connectivity index (χ4n) is 3.11. The van der Waals surface area contributed by atoms with E-state index in [0.29, 0.717) is 17.9 Å². The van der Waals surface area contributed by atoms with Gasteiger partial charge in [0.15, 0.2) is 11.5 Å². The van der Waals surface area contributed by atoms with Crippen LogP contribution >= 0.6 is 0 Å². The molecule has 6 nitrogen and oxygen atoms in total. The Morgan fingerprint density at radius 2 is 1.67 bits per heavy atom. The summed E-state index contributed by atoms with van der Waals surface area (Å²) in [5.74, 6) is 1.47. The van der Waals surface area contributed by atoms with E-state index in [0.717, 1.165) is 35.3 Å². The highest BCUT2D eigenvalue weighted by Crippen LogP contribution is 2.28. The number of hydrogen-bond donors (Lipinski definition) is 1. The van der Waals surface area contributed by atoms with Crippen molar-refractivity contribution in [2.75, 3.05) is 14.2 Å². The number of halogens is 1. The number of nitrogens with one attached hydrogen (secondary N) is 1. The lowest BCUT2D eigenvalue weighted by molar-refractivity contribution is -0.121. The predicted molar refractivity (Wildman–Crippen MR) is 125 cm³/mol. The summed E-state index contributed by atoms with van der Waals surface area (Å²) < 4.78 is 29.3. The van der Waals surface area contributed by atoms with Crippen LogP contribution in [0.25, 0.3) is 0 Å². The fraction of sp³-hybridized carbons (Fsp3) is 0.231. The molecule has 3 aromatic rings. The highest BCUT2D eigenvalue weighted by atomic mass is 19.1. The monoisotopic (exact) mass is 450 g/mol. The minimum atomic E-state index is -0.288. The SMILES string of the molecule is COc1ccc(CCCC(=O)N/N=C/c2ccc(OCc3ccc(F)cc3)c(OC)c2)cc1. The molecule has 0 heterocycles. The second kappa shape index (κ2) is 12.2. The molecule has 1 amide bonds. The van der Waals surface area contributed by atoms with Crippen LogP contribution in [0, 0.1) is 5.82 Å². The van der Waals surface area contributed by atoms with E-state index >= 15 is 0 Å². The van der Waals surface area contributed by atoms with E-state index in [1.807, 2.05) is 30.3 Å². The number of hydrogen-bond acceptors (Lipinski definition) is 5. The van der Waals surface area contributed by atoms with Crippen LogP contribution in [0.4, 0.5) is 4.39 Å². The van der Waals surface area contributed by atoms with Gasteiger partial charge >= 0.3 is 0 Å². The zero-order valence-corrected chi connectivity index (χ0v) is 18.7. The smallest absolute Gasteiger partial charge is 0.240 e. The normalized spacial score (nSPS) is 10.8. The zero-order chi connectivity index (χ0) is 23.5. The van der Waals surface area contributed by atoms with Gasteiger partial charge in [0.1, 0.15) is 18.2 Å². The average Bonchev–Trinajstić information content (AvgIpc) is 2.84. The van der Waals surface area contributed by atoms with E-state index in [-0.39, 0.29) is 18.3 Å². The van der Waals surface area contributed by atoms with Crippen LogP contribution in [0.2, 0.25) is 0 Å². The van der Waals surface area contributed by atoms with Crippen molar-refractivity contribution in [1.82, 2.24) is 5.43 Å². The molecule has 0 saturated heterocycles. The van der Waals surface area contributed by atoms with Gasteiger partial charge in [0.2, 0.25) is 5.91 Å². The quantitative estimate of drug-likeness (QED) is 0.333. The summed E-state index contributed by atoms with van der Waals surface area (Å²) in [5, 5.41) is 4.02. The molecule has 0 aliphatic rings. The summed E-state index contributed by atoms with van der Waals surface area (Å²) in [6.45, 7) is 0.288. The molecule has 0 saturated carbocycles. The van der Waals surface area contributed by atoms with Gasteiger partial charge in [-0.2, -0.15) is 5.10 Å². The summed E-state index contributed by atoms with van der Waals surface area (Å²) in [6, 6.07) is 19.3. The third-order valence-electron chi connectivity index (χ3n) is 4.93. The minimum Gasteiger partial charge on any atom is -0.497 e. The molecule has 3 aromatic carbocycles. The second-order valence-corrected chi connectivity index (χ2v) is 7.32. The van der Waals surface area contributed by atoms with Crippen molar-refractivity contribution in [3.63, 3.8) is 0 Å². The Kier molecular flexibility index (Phi) is 8.82. The maximum Gasteiger partial charge on any atom is 0.240 e. The topological polar surface area (TPSA) is 69.2 Å². The van der Waals surface area contributed by atoms with Crippen molar-refractivity contribution in [3.8, 4) is 17.2 Å². The molecule has 0 aliphatic heterocycles. The van der Waals surface area contributed by atoms with E-state index in [1.165, 1.54) is 12.1 Å². The van der Waals surface area contributed by atoms with Crippen LogP contribution in [0.15, 0.2) is 71.8 Å². The van der Waals surface area contributed by atoms with Gasteiger partial charge in [0.05, 0.1) is 20.4 Å². The Hall–Kier alpha value is -3.87. The van der Waals surface area contributed by atoms with Crippen molar-refractivity contribution in [3.05, 3.63) is 89.2 Å². The molecule has 0 atom stereocenters. The van der Waals surface area contributed by atoms with Crippen LogP contribution in [0.1, 0.15) is 29.5 Å². The molecule has 0 radical (unpaired) electrons. The third kappa shape index (κ3) is 7.64. The number of methoxy groups -OCH3 is 2. The molecule has 172 valence electrons. The van der Waals surface area contributed by atoms with Gasteiger partial charge in [-0.1, -0.05) is 24.3 Å². The molecule has 7 heteroatoms. The first-order valence-corrected chi connectivity index (χ1v) is 10.6. The maximum atomic E-state index is 13.0. The van der Waals surface area contributed by atoms with Crippen molar-refractivity contribution in [2.45, 2.75) is 25.9 Å². The van der Waals surface area contributed by atoms with E-state index in [9.17, 15) is 9.18 Å². The highest BCUT2D eigenvalue weighted by molar-refractivity contribution is 5.83. The summed E-state index contributed by atoms with van der Waals surface area (Å²) in [7, 11) is 3.18. The van der Waals surface area contributed by atoms with E-state index in [1.54, 1.807) is 44.7 Å². The molecular formula is C26H27FN2O4. The van der Waals surface area contributed by atoms with Crippen LogP contribution in [0.5, 0.6) is 17.2 Å². The maximum absolute atomic E-state index is 13.0. The fourth-order valence-corrected chi connectivity index (χ4v) is 3.11. The molecule has 0 aromatic heterocycles. The second-order valence-electron chi connectivity index (χ2n) is 7.32. The van der Waals surface area contributed by atoms with Gasteiger partial charge in [0.25, 0.3) is 0 Å². The average molecular weight is 451 g/mol. The molecule has 0 bridgehead atoms. The van der Waals surface area contributed by atoms with Gasteiger partial charge in [-0.25, -0.2) is 9.82 Å². The number of nitrogens with zero attached hydrogens (tertiary/aromatic N) is 1. The lowest BCUT2D eigenvalue weighted by Crippen LogP contribution is -2.17. The van der Waals surface area contributed by atoms with Gasteiger partial charge in [-0.05, 0) is 72.0 Å². The molecule has 33 heavy (non-hydrogen) atoms. The minimum absolute atomic E-state index is 0.147. The Labute approximate surface area is 193 Å². The van der Waals surface area contributed by atoms with E-state index in [4.69, 9.17) is 14.2 Å². The number of benzene rings is 3. The van der Waals surface area contributed by atoms with Gasteiger partial charge in [0, 0.05) is 6.42 Å². The van der Waals surface area contributed by atoms with Gasteiger partial charge < -0.3 is 14.2 Å². The van der Waals surface area contributed by atoms with Crippen molar-refractivity contribution < 1.29 is 23.4 Å².